The largest absolute Gasteiger partial charge is 0.497 e. The lowest BCUT2D eigenvalue weighted by Crippen LogP contribution is -1.99. The van der Waals surface area contributed by atoms with E-state index < -0.39 is 0 Å². The van der Waals surface area contributed by atoms with E-state index in [1.807, 2.05) is 18.2 Å². The van der Waals surface area contributed by atoms with Crippen molar-refractivity contribution in [1.82, 2.24) is 0 Å². The normalized spacial score (nSPS) is 10.1. The number of rotatable bonds is 4. The first kappa shape index (κ1) is 13.3. The van der Waals surface area contributed by atoms with Gasteiger partial charge in [-0.2, -0.15) is 0 Å². The summed E-state index contributed by atoms with van der Waals surface area (Å²) in [4.78, 5) is 0. The first-order valence-electron chi connectivity index (χ1n) is 6.21. The van der Waals surface area contributed by atoms with Gasteiger partial charge in [-0.25, -0.2) is 0 Å². The van der Waals surface area contributed by atoms with Crippen molar-refractivity contribution in [3.63, 3.8) is 0 Å². The van der Waals surface area contributed by atoms with Gasteiger partial charge in [0, 0.05) is 11.8 Å². The van der Waals surface area contributed by atoms with E-state index in [1.54, 1.807) is 14.2 Å². The van der Waals surface area contributed by atoms with Gasteiger partial charge < -0.3 is 14.8 Å². The van der Waals surface area contributed by atoms with Crippen LogP contribution in [0.25, 0.3) is 0 Å². The molecule has 19 heavy (non-hydrogen) atoms. The lowest BCUT2D eigenvalue weighted by atomic mass is 10.1. The van der Waals surface area contributed by atoms with Crippen LogP contribution in [0.2, 0.25) is 0 Å². The molecule has 3 heteroatoms. The second-order valence-electron chi connectivity index (χ2n) is 4.46. The lowest BCUT2D eigenvalue weighted by molar-refractivity contribution is 0.395. The molecule has 0 bridgehead atoms. The maximum absolute atomic E-state index is 5.40. The van der Waals surface area contributed by atoms with Crippen molar-refractivity contribution in [3.8, 4) is 11.5 Å². The fraction of sp³-hybridized carbons (Fsp3) is 0.250. The smallest absolute Gasteiger partial charge is 0.145 e. The molecule has 0 spiro atoms. The van der Waals surface area contributed by atoms with Crippen LogP contribution in [0.3, 0.4) is 0 Å². The van der Waals surface area contributed by atoms with Gasteiger partial charge in [0.15, 0.2) is 0 Å². The monoisotopic (exact) mass is 257 g/mol. The van der Waals surface area contributed by atoms with Crippen molar-refractivity contribution in [2.24, 2.45) is 0 Å². The minimum atomic E-state index is 0.766. The average molecular weight is 257 g/mol. The van der Waals surface area contributed by atoms with E-state index in [0.717, 1.165) is 22.9 Å². The van der Waals surface area contributed by atoms with Crippen LogP contribution in [-0.4, -0.2) is 14.2 Å². The van der Waals surface area contributed by atoms with Gasteiger partial charge in [0.1, 0.15) is 11.5 Å². The molecule has 3 nitrogen and oxygen atoms in total. The molecule has 0 saturated carbocycles. The van der Waals surface area contributed by atoms with Crippen molar-refractivity contribution in [3.05, 3.63) is 47.5 Å². The molecule has 0 amide bonds. The molecule has 100 valence electrons. The third-order valence-electron chi connectivity index (χ3n) is 3.15. The van der Waals surface area contributed by atoms with Gasteiger partial charge >= 0.3 is 0 Å². The topological polar surface area (TPSA) is 30.5 Å². The van der Waals surface area contributed by atoms with E-state index in [1.165, 1.54) is 11.1 Å². The maximum Gasteiger partial charge on any atom is 0.145 e. The van der Waals surface area contributed by atoms with Crippen LogP contribution >= 0.6 is 0 Å². The van der Waals surface area contributed by atoms with Crippen molar-refractivity contribution >= 4 is 11.4 Å². The zero-order valence-electron chi connectivity index (χ0n) is 11.8. The molecule has 0 aliphatic carbocycles. The fourth-order valence-electron chi connectivity index (χ4n) is 2.05. The molecule has 0 radical (unpaired) electrons. The Morgan fingerprint density at radius 1 is 0.895 bits per heavy atom. The van der Waals surface area contributed by atoms with Gasteiger partial charge in [0.2, 0.25) is 0 Å². The summed E-state index contributed by atoms with van der Waals surface area (Å²) in [5.74, 6) is 1.55. The van der Waals surface area contributed by atoms with Crippen molar-refractivity contribution in [1.29, 1.82) is 0 Å². The van der Waals surface area contributed by atoms with Gasteiger partial charge in [-0.1, -0.05) is 18.2 Å². The Kier molecular flexibility index (Phi) is 3.95. The van der Waals surface area contributed by atoms with Crippen LogP contribution in [0.4, 0.5) is 11.4 Å². The van der Waals surface area contributed by atoms with Gasteiger partial charge in [-0.15, -0.1) is 0 Å². The molecule has 0 aliphatic rings. The van der Waals surface area contributed by atoms with Crippen LogP contribution in [0.15, 0.2) is 36.4 Å². The van der Waals surface area contributed by atoms with E-state index >= 15 is 0 Å². The van der Waals surface area contributed by atoms with Crippen LogP contribution < -0.4 is 14.8 Å². The summed E-state index contributed by atoms with van der Waals surface area (Å²) in [5.41, 5.74) is 4.46. The number of methoxy groups -OCH3 is 2. The van der Waals surface area contributed by atoms with Crippen molar-refractivity contribution < 1.29 is 9.47 Å². The van der Waals surface area contributed by atoms with Gasteiger partial charge in [0.05, 0.1) is 19.9 Å². The third kappa shape index (κ3) is 2.81. The zero-order valence-corrected chi connectivity index (χ0v) is 11.8. The van der Waals surface area contributed by atoms with Crippen molar-refractivity contribution in [2.75, 3.05) is 19.5 Å². The molecule has 1 N–H and O–H groups in total. The molecule has 2 aromatic rings. The Bertz CT molecular complexity index is 559. The standard InChI is InChI=1S/C16H19NO2/c1-11-6-5-7-12(2)16(11)17-14-9-8-13(18-3)10-15(14)19-4/h5-10,17H,1-4H3. The summed E-state index contributed by atoms with van der Waals surface area (Å²) in [5, 5.41) is 3.43. The second kappa shape index (κ2) is 5.65. The molecular formula is C16H19NO2. The molecule has 2 aromatic carbocycles. The van der Waals surface area contributed by atoms with Crippen molar-refractivity contribution in [2.45, 2.75) is 13.8 Å². The molecule has 0 saturated heterocycles. The van der Waals surface area contributed by atoms with Gasteiger partial charge in [0.25, 0.3) is 0 Å². The highest BCUT2D eigenvalue weighted by Gasteiger charge is 2.08. The fourth-order valence-corrected chi connectivity index (χ4v) is 2.05. The lowest BCUT2D eigenvalue weighted by Gasteiger charge is -2.16. The number of para-hydroxylation sites is 1. The summed E-state index contributed by atoms with van der Waals surface area (Å²) in [6.07, 6.45) is 0. The Morgan fingerprint density at radius 3 is 2.16 bits per heavy atom. The summed E-state index contributed by atoms with van der Waals surface area (Å²) >= 11 is 0. The number of aryl methyl sites for hydroxylation is 2. The summed E-state index contributed by atoms with van der Waals surface area (Å²) < 4.78 is 10.6. The highest BCUT2D eigenvalue weighted by molar-refractivity contribution is 5.71. The minimum Gasteiger partial charge on any atom is -0.497 e. The zero-order chi connectivity index (χ0) is 13.8. The number of benzene rings is 2. The van der Waals surface area contributed by atoms with Crippen LogP contribution in [-0.2, 0) is 0 Å². The predicted molar refractivity (Wildman–Crippen MR) is 78.7 cm³/mol. The first-order chi connectivity index (χ1) is 9.15. The number of hydrogen-bond donors (Lipinski definition) is 1. The quantitative estimate of drug-likeness (QED) is 0.895. The summed E-state index contributed by atoms with van der Waals surface area (Å²) in [6.45, 7) is 4.18. The second-order valence-corrected chi connectivity index (χ2v) is 4.46. The number of anilines is 2. The number of nitrogens with one attached hydrogen (secondary N) is 1. The van der Waals surface area contributed by atoms with Crippen LogP contribution in [0.5, 0.6) is 11.5 Å². The molecule has 0 fully saturated rings. The highest BCUT2D eigenvalue weighted by atomic mass is 16.5. The maximum atomic E-state index is 5.40. The Labute approximate surface area is 114 Å². The number of ether oxygens (including phenoxy) is 2. The van der Waals surface area contributed by atoms with E-state index in [-0.39, 0.29) is 0 Å². The highest BCUT2D eigenvalue weighted by Crippen LogP contribution is 2.33. The minimum absolute atomic E-state index is 0.766. The van der Waals surface area contributed by atoms with Crippen LogP contribution in [0, 0.1) is 13.8 Å². The Morgan fingerprint density at radius 2 is 1.58 bits per heavy atom. The van der Waals surface area contributed by atoms with Crippen LogP contribution in [0.1, 0.15) is 11.1 Å². The molecule has 0 aliphatic heterocycles. The molecule has 0 atom stereocenters. The first-order valence-corrected chi connectivity index (χ1v) is 6.21. The summed E-state index contributed by atoms with van der Waals surface area (Å²) in [6, 6.07) is 12.0. The molecule has 0 heterocycles. The molecule has 2 rings (SSSR count). The SMILES string of the molecule is COc1ccc(Nc2c(C)cccc2C)c(OC)c1. The van der Waals surface area contributed by atoms with E-state index in [0.29, 0.717) is 0 Å². The summed E-state index contributed by atoms with van der Waals surface area (Å²) in [7, 11) is 3.30. The molecule has 0 unspecified atom stereocenters. The Balaban J connectivity index is 2.38. The molecular weight excluding hydrogens is 238 g/mol. The van der Waals surface area contributed by atoms with E-state index in [4.69, 9.17) is 9.47 Å². The third-order valence-corrected chi connectivity index (χ3v) is 3.15. The van der Waals surface area contributed by atoms with Gasteiger partial charge in [-0.05, 0) is 37.1 Å². The van der Waals surface area contributed by atoms with E-state index in [9.17, 15) is 0 Å². The van der Waals surface area contributed by atoms with Gasteiger partial charge in [-0.3, -0.25) is 0 Å². The average Bonchev–Trinajstić information content (AvgIpc) is 2.43. The Hall–Kier alpha value is -2.16. The predicted octanol–water partition coefficient (Wildman–Crippen LogP) is 4.06. The molecule has 0 aromatic heterocycles. The van der Waals surface area contributed by atoms with E-state index in [2.05, 4.69) is 37.4 Å². The number of hydrogen-bond acceptors (Lipinski definition) is 3.